The van der Waals surface area contributed by atoms with Crippen molar-refractivity contribution in [3.05, 3.63) is 59.1 Å². The van der Waals surface area contributed by atoms with Gasteiger partial charge in [0, 0.05) is 17.6 Å². The van der Waals surface area contributed by atoms with Crippen molar-refractivity contribution in [2.24, 2.45) is 0 Å². The second-order valence-electron chi connectivity index (χ2n) is 4.76. The zero-order chi connectivity index (χ0) is 15.1. The number of rotatable bonds is 7. The summed E-state index contributed by atoms with van der Waals surface area (Å²) in [5.41, 5.74) is 1.19. The van der Waals surface area contributed by atoms with Crippen LogP contribution in [0.3, 0.4) is 0 Å². The molecule has 1 atom stereocenters. The van der Waals surface area contributed by atoms with Gasteiger partial charge in [-0.3, -0.25) is 0 Å². The van der Waals surface area contributed by atoms with E-state index in [1.807, 2.05) is 42.5 Å². The summed E-state index contributed by atoms with van der Waals surface area (Å²) in [7, 11) is 1.68. The van der Waals surface area contributed by atoms with Gasteiger partial charge in [0.25, 0.3) is 0 Å². The van der Waals surface area contributed by atoms with E-state index in [0.29, 0.717) is 11.6 Å². The molecule has 3 nitrogen and oxygen atoms in total. The Morgan fingerprint density at radius 3 is 2.62 bits per heavy atom. The fourth-order valence-electron chi connectivity index (χ4n) is 2.03. The highest BCUT2D eigenvalue weighted by Gasteiger charge is 2.05. The molecule has 0 amide bonds. The Bertz CT molecular complexity index is 574. The lowest BCUT2D eigenvalue weighted by molar-refractivity contribution is 0.307. The molecule has 0 unspecified atom stereocenters. The number of nitrogens with one attached hydrogen (secondary N) is 1. The summed E-state index contributed by atoms with van der Waals surface area (Å²) in [5, 5.41) is 4.11. The molecule has 0 aliphatic heterocycles. The minimum Gasteiger partial charge on any atom is -0.497 e. The van der Waals surface area contributed by atoms with E-state index < -0.39 is 0 Å². The lowest BCUT2D eigenvalue weighted by Gasteiger charge is -2.15. The maximum absolute atomic E-state index is 5.91. The predicted octanol–water partition coefficient (Wildman–Crippen LogP) is 4.08. The first-order valence-corrected chi connectivity index (χ1v) is 7.32. The Kier molecular flexibility index (Phi) is 5.90. The van der Waals surface area contributed by atoms with Crippen molar-refractivity contribution in [1.82, 2.24) is 5.32 Å². The van der Waals surface area contributed by atoms with Crippen LogP contribution < -0.4 is 14.8 Å². The minimum atomic E-state index is 0.239. The van der Waals surface area contributed by atoms with Gasteiger partial charge in [-0.15, -0.1) is 0 Å². The molecule has 2 aromatic carbocycles. The van der Waals surface area contributed by atoms with E-state index in [1.165, 1.54) is 5.56 Å². The predicted molar refractivity (Wildman–Crippen MR) is 86.4 cm³/mol. The van der Waals surface area contributed by atoms with E-state index in [4.69, 9.17) is 21.1 Å². The molecule has 0 spiro atoms. The minimum absolute atomic E-state index is 0.239. The van der Waals surface area contributed by atoms with E-state index >= 15 is 0 Å². The molecule has 1 N–H and O–H groups in total. The zero-order valence-electron chi connectivity index (χ0n) is 12.3. The monoisotopic (exact) mass is 305 g/mol. The van der Waals surface area contributed by atoms with Crippen LogP contribution in [0.1, 0.15) is 18.5 Å². The fraction of sp³-hybridized carbons (Fsp3) is 0.294. The van der Waals surface area contributed by atoms with Crippen molar-refractivity contribution < 1.29 is 9.47 Å². The van der Waals surface area contributed by atoms with Gasteiger partial charge in [0.05, 0.1) is 7.11 Å². The van der Waals surface area contributed by atoms with Gasteiger partial charge >= 0.3 is 0 Å². The highest BCUT2D eigenvalue weighted by molar-refractivity contribution is 6.30. The van der Waals surface area contributed by atoms with Crippen LogP contribution in [0.2, 0.25) is 5.02 Å². The third-order valence-corrected chi connectivity index (χ3v) is 3.45. The van der Waals surface area contributed by atoms with Crippen LogP contribution >= 0.6 is 11.6 Å². The summed E-state index contributed by atoms with van der Waals surface area (Å²) in [6, 6.07) is 15.7. The molecule has 0 aromatic heterocycles. The van der Waals surface area contributed by atoms with Gasteiger partial charge in [0.15, 0.2) is 0 Å². The largest absolute Gasteiger partial charge is 0.497 e. The molecular weight excluding hydrogens is 286 g/mol. The first-order chi connectivity index (χ1) is 10.2. The normalized spacial score (nSPS) is 12.0. The summed E-state index contributed by atoms with van der Waals surface area (Å²) in [6.07, 6.45) is 0. The van der Waals surface area contributed by atoms with E-state index in [-0.39, 0.29) is 6.04 Å². The summed E-state index contributed by atoms with van der Waals surface area (Å²) in [6.45, 7) is 3.47. The molecule has 0 aliphatic carbocycles. The summed E-state index contributed by atoms with van der Waals surface area (Å²) in [4.78, 5) is 0. The molecule has 0 radical (unpaired) electrons. The molecular formula is C17H20ClNO2. The van der Waals surface area contributed by atoms with Crippen LogP contribution in [0, 0.1) is 0 Å². The summed E-state index contributed by atoms with van der Waals surface area (Å²) in [5.74, 6) is 1.66. The van der Waals surface area contributed by atoms with Crippen LogP contribution in [0.25, 0.3) is 0 Å². The van der Waals surface area contributed by atoms with Crippen molar-refractivity contribution in [3.63, 3.8) is 0 Å². The average Bonchev–Trinajstić information content (AvgIpc) is 2.51. The molecule has 2 aromatic rings. The number of hydrogen-bond donors (Lipinski definition) is 1. The molecule has 0 fully saturated rings. The van der Waals surface area contributed by atoms with E-state index in [2.05, 4.69) is 18.3 Å². The van der Waals surface area contributed by atoms with Crippen molar-refractivity contribution in [2.45, 2.75) is 13.0 Å². The standard InChI is InChI=1S/C17H20ClNO2/c1-13(14-5-3-7-16(11-14)20-2)19-9-10-21-17-8-4-6-15(18)12-17/h3-8,11-13,19H,9-10H2,1-2H3/t13-/m1/s1. The highest BCUT2D eigenvalue weighted by Crippen LogP contribution is 2.19. The molecule has 112 valence electrons. The number of halogens is 1. The van der Waals surface area contributed by atoms with Gasteiger partial charge < -0.3 is 14.8 Å². The fourth-order valence-corrected chi connectivity index (χ4v) is 2.21. The van der Waals surface area contributed by atoms with Gasteiger partial charge in [-0.25, -0.2) is 0 Å². The summed E-state index contributed by atoms with van der Waals surface area (Å²) < 4.78 is 10.9. The van der Waals surface area contributed by atoms with Crippen LogP contribution in [-0.2, 0) is 0 Å². The van der Waals surface area contributed by atoms with Crippen LogP contribution in [-0.4, -0.2) is 20.3 Å². The SMILES string of the molecule is COc1cccc([C@@H](C)NCCOc2cccc(Cl)c2)c1. The van der Waals surface area contributed by atoms with Gasteiger partial charge in [-0.1, -0.05) is 29.8 Å². The van der Waals surface area contributed by atoms with E-state index in [1.54, 1.807) is 7.11 Å². The summed E-state index contributed by atoms with van der Waals surface area (Å²) >= 11 is 5.91. The second kappa shape index (κ2) is 7.91. The smallest absolute Gasteiger partial charge is 0.120 e. The second-order valence-corrected chi connectivity index (χ2v) is 5.19. The van der Waals surface area contributed by atoms with Gasteiger partial charge in [0.1, 0.15) is 18.1 Å². The van der Waals surface area contributed by atoms with Crippen LogP contribution in [0.4, 0.5) is 0 Å². The van der Waals surface area contributed by atoms with Crippen molar-refractivity contribution in [2.75, 3.05) is 20.3 Å². The number of hydrogen-bond acceptors (Lipinski definition) is 3. The molecule has 0 saturated carbocycles. The number of ether oxygens (including phenoxy) is 2. The Hall–Kier alpha value is -1.71. The quantitative estimate of drug-likeness (QED) is 0.782. The third-order valence-electron chi connectivity index (χ3n) is 3.21. The molecule has 0 aliphatic rings. The number of benzene rings is 2. The Labute approximate surface area is 130 Å². The maximum Gasteiger partial charge on any atom is 0.120 e. The molecule has 4 heteroatoms. The Morgan fingerprint density at radius 2 is 1.86 bits per heavy atom. The van der Waals surface area contributed by atoms with Gasteiger partial charge in [-0.2, -0.15) is 0 Å². The Balaban J connectivity index is 1.77. The topological polar surface area (TPSA) is 30.5 Å². The maximum atomic E-state index is 5.91. The molecule has 0 bridgehead atoms. The lowest BCUT2D eigenvalue weighted by atomic mass is 10.1. The molecule has 2 rings (SSSR count). The Morgan fingerprint density at radius 1 is 1.10 bits per heavy atom. The third kappa shape index (κ3) is 4.96. The van der Waals surface area contributed by atoms with Gasteiger partial charge in [-0.05, 0) is 42.8 Å². The number of methoxy groups -OCH3 is 1. The van der Waals surface area contributed by atoms with Crippen molar-refractivity contribution >= 4 is 11.6 Å². The van der Waals surface area contributed by atoms with Crippen LogP contribution in [0.5, 0.6) is 11.5 Å². The molecule has 0 saturated heterocycles. The lowest BCUT2D eigenvalue weighted by Crippen LogP contribution is -2.24. The molecule has 21 heavy (non-hydrogen) atoms. The van der Waals surface area contributed by atoms with Crippen LogP contribution in [0.15, 0.2) is 48.5 Å². The van der Waals surface area contributed by atoms with Gasteiger partial charge in [0.2, 0.25) is 0 Å². The average molecular weight is 306 g/mol. The highest BCUT2D eigenvalue weighted by atomic mass is 35.5. The molecule has 0 heterocycles. The first kappa shape index (κ1) is 15.7. The first-order valence-electron chi connectivity index (χ1n) is 6.95. The van der Waals surface area contributed by atoms with E-state index in [0.717, 1.165) is 18.0 Å². The van der Waals surface area contributed by atoms with E-state index in [9.17, 15) is 0 Å². The zero-order valence-corrected chi connectivity index (χ0v) is 13.1. The van der Waals surface area contributed by atoms with Crippen molar-refractivity contribution in [3.8, 4) is 11.5 Å². The van der Waals surface area contributed by atoms with Crippen molar-refractivity contribution in [1.29, 1.82) is 0 Å².